The first-order chi connectivity index (χ1) is 11.4. The van der Waals surface area contributed by atoms with Crippen LogP contribution in [0.2, 0.25) is 0 Å². The van der Waals surface area contributed by atoms with Crippen LogP contribution in [0.15, 0.2) is 54.6 Å². The highest BCUT2D eigenvalue weighted by molar-refractivity contribution is 7.88. The van der Waals surface area contributed by atoms with Crippen molar-refractivity contribution in [2.75, 3.05) is 19.4 Å². The lowest BCUT2D eigenvalue weighted by molar-refractivity contribution is 0.313. The van der Waals surface area contributed by atoms with Crippen molar-refractivity contribution < 1.29 is 13.2 Å². The second-order valence-electron chi connectivity index (χ2n) is 5.69. The van der Waals surface area contributed by atoms with Crippen LogP contribution in [0.3, 0.4) is 0 Å². The van der Waals surface area contributed by atoms with E-state index in [1.807, 2.05) is 61.5 Å². The Balaban J connectivity index is 1.72. The van der Waals surface area contributed by atoms with Gasteiger partial charge in [0.2, 0.25) is 10.0 Å². The monoisotopic (exact) mass is 348 g/mol. The van der Waals surface area contributed by atoms with Crippen molar-refractivity contribution in [3.63, 3.8) is 0 Å². The maximum atomic E-state index is 11.3. The standard InChI is InChI=1S/C18H24N2O3S/c1-15(20-24(2,21)22)17-10-8-16(9-11-17)14-19-12-13-23-18-6-4-3-5-7-18/h3-11,15,19-20H,12-14H2,1-2H3. The summed E-state index contributed by atoms with van der Waals surface area (Å²) in [5, 5.41) is 3.32. The van der Waals surface area contributed by atoms with Crippen LogP contribution in [0.25, 0.3) is 0 Å². The molecule has 1 atom stereocenters. The first kappa shape index (κ1) is 18.4. The van der Waals surface area contributed by atoms with Gasteiger partial charge in [0.25, 0.3) is 0 Å². The average Bonchev–Trinajstić information content (AvgIpc) is 2.54. The van der Waals surface area contributed by atoms with E-state index in [0.29, 0.717) is 6.61 Å². The zero-order valence-electron chi connectivity index (χ0n) is 14.0. The van der Waals surface area contributed by atoms with Crippen molar-refractivity contribution in [1.29, 1.82) is 0 Å². The molecule has 0 bridgehead atoms. The van der Waals surface area contributed by atoms with Crippen LogP contribution in [0.1, 0.15) is 24.1 Å². The third kappa shape index (κ3) is 6.70. The highest BCUT2D eigenvalue weighted by Gasteiger charge is 2.10. The van der Waals surface area contributed by atoms with Gasteiger partial charge in [-0.05, 0) is 30.2 Å². The third-order valence-electron chi connectivity index (χ3n) is 3.49. The molecule has 0 saturated heterocycles. The van der Waals surface area contributed by atoms with Gasteiger partial charge in [-0.25, -0.2) is 13.1 Å². The molecule has 0 amide bonds. The summed E-state index contributed by atoms with van der Waals surface area (Å²) >= 11 is 0. The van der Waals surface area contributed by atoms with Crippen LogP contribution in [0.5, 0.6) is 5.75 Å². The molecule has 2 aromatic carbocycles. The number of para-hydroxylation sites is 1. The molecule has 0 radical (unpaired) electrons. The Kier molecular flexibility index (Phi) is 6.78. The molecule has 0 saturated carbocycles. The van der Waals surface area contributed by atoms with E-state index in [9.17, 15) is 8.42 Å². The Labute approximate surface area is 144 Å². The zero-order valence-corrected chi connectivity index (χ0v) is 14.8. The second kappa shape index (κ2) is 8.82. The van der Waals surface area contributed by atoms with Gasteiger partial charge in [0.1, 0.15) is 12.4 Å². The number of rotatable bonds is 9. The molecule has 24 heavy (non-hydrogen) atoms. The topological polar surface area (TPSA) is 67.4 Å². The summed E-state index contributed by atoms with van der Waals surface area (Å²) in [6.45, 7) is 3.93. The molecule has 0 spiro atoms. The molecule has 0 aliphatic carbocycles. The quantitative estimate of drug-likeness (QED) is 0.683. The number of benzene rings is 2. The fourth-order valence-corrected chi connectivity index (χ4v) is 3.08. The number of hydrogen-bond acceptors (Lipinski definition) is 4. The third-order valence-corrected chi connectivity index (χ3v) is 4.27. The normalized spacial score (nSPS) is 12.8. The molecule has 0 fully saturated rings. The highest BCUT2D eigenvalue weighted by atomic mass is 32.2. The Morgan fingerprint density at radius 2 is 1.71 bits per heavy atom. The van der Waals surface area contributed by atoms with Crippen molar-refractivity contribution in [1.82, 2.24) is 10.0 Å². The molecular formula is C18H24N2O3S. The molecule has 5 nitrogen and oxygen atoms in total. The fraction of sp³-hybridized carbons (Fsp3) is 0.333. The minimum atomic E-state index is -3.20. The lowest BCUT2D eigenvalue weighted by atomic mass is 10.1. The molecule has 130 valence electrons. The molecule has 2 aromatic rings. The van der Waals surface area contributed by atoms with Crippen molar-refractivity contribution in [3.05, 3.63) is 65.7 Å². The van der Waals surface area contributed by atoms with E-state index in [1.165, 1.54) is 6.26 Å². The van der Waals surface area contributed by atoms with Crippen molar-refractivity contribution >= 4 is 10.0 Å². The lowest BCUT2D eigenvalue weighted by Gasteiger charge is -2.13. The molecule has 0 aliphatic heterocycles. The molecule has 0 heterocycles. The van der Waals surface area contributed by atoms with Crippen molar-refractivity contribution in [2.45, 2.75) is 19.5 Å². The molecule has 1 unspecified atom stereocenters. The van der Waals surface area contributed by atoms with Gasteiger partial charge in [0.15, 0.2) is 0 Å². The summed E-state index contributed by atoms with van der Waals surface area (Å²) in [6.07, 6.45) is 1.17. The summed E-state index contributed by atoms with van der Waals surface area (Å²) < 4.78 is 30.7. The first-order valence-corrected chi connectivity index (χ1v) is 9.78. The number of hydrogen-bond donors (Lipinski definition) is 2. The Morgan fingerprint density at radius 1 is 1.04 bits per heavy atom. The van der Waals surface area contributed by atoms with Gasteiger partial charge in [-0.15, -0.1) is 0 Å². The van der Waals surface area contributed by atoms with Gasteiger partial charge < -0.3 is 10.1 Å². The fourth-order valence-electron chi connectivity index (χ4n) is 2.30. The molecule has 0 aliphatic rings. The van der Waals surface area contributed by atoms with Crippen LogP contribution < -0.4 is 14.8 Å². The number of sulfonamides is 1. The smallest absolute Gasteiger partial charge is 0.209 e. The van der Waals surface area contributed by atoms with E-state index in [1.54, 1.807) is 0 Å². The van der Waals surface area contributed by atoms with Gasteiger partial charge in [-0.3, -0.25) is 0 Å². The maximum Gasteiger partial charge on any atom is 0.209 e. The van der Waals surface area contributed by atoms with Crippen molar-refractivity contribution in [3.8, 4) is 5.75 Å². The summed E-state index contributed by atoms with van der Waals surface area (Å²) in [4.78, 5) is 0. The van der Waals surface area contributed by atoms with E-state index in [0.717, 1.165) is 30.0 Å². The Hall–Kier alpha value is -1.89. The summed E-state index contributed by atoms with van der Waals surface area (Å²) in [6, 6.07) is 17.4. The molecule has 6 heteroatoms. The van der Waals surface area contributed by atoms with Gasteiger partial charge in [0, 0.05) is 19.1 Å². The van der Waals surface area contributed by atoms with Crippen LogP contribution >= 0.6 is 0 Å². The number of nitrogens with one attached hydrogen (secondary N) is 2. The van der Waals surface area contributed by atoms with Crippen molar-refractivity contribution in [2.24, 2.45) is 0 Å². The number of ether oxygens (including phenoxy) is 1. The molecule has 2 rings (SSSR count). The van der Waals surface area contributed by atoms with Crippen LogP contribution in [-0.2, 0) is 16.6 Å². The SMILES string of the molecule is CC(NS(C)(=O)=O)c1ccc(CNCCOc2ccccc2)cc1. The first-order valence-electron chi connectivity index (χ1n) is 7.89. The van der Waals surface area contributed by atoms with Crippen LogP contribution in [0, 0.1) is 0 Å². The van der Waals surface area contributed by atoms with Gasteiger partial charge in [0.05, 0.1) is 6.26 Å². The van der Waals surface area contributed by atoms with Crippen LogP contribution in [-0.4, -0.2) is 27.8 Å². The minimum Gasteiger partial charge on any atom is -0.492 e. The predicted octanol–water partition coefficient (Wildman–Crippen LogP) is 2.47. The van der Waals surface area contributed by atoms with E-state index in [2.05, 4.69) is 10.0 Å². The second-order valence-corrected chi connectivity index (χ2v) is 7.47. The van der Waals surface area contributed by atoms with E-state index in [-0.39, 0.29) is 6.04 Å². The van der Waals surface area contributed by atoms with Gasteiger partial charge >= 0.3 is 0 Å². The largest absolute Gasteiger partial charge is 0.492 e. The summed E-state index contributed by atoms with van der Waals surface area (Å²) in [5.74, 6) is 0.871. The zero-order chi connectivity index (χ0) is 17.4. The van der Waals surface area contributed by atoms with Crippen LogP contribution in [0.4, 0.5) is 0 Å². The Morgan fingerprint density at radius 3 is 2.33 bits per heavy atom. The van der Waals surface area contributed by atoms with Gasteiger partial charge in [-0.1, -0.05) is 42.5 Å². The maximum absolute atomic E-state index is 11.3. The summed E-state index contributed by atoms with van der Waals surface area (Å²) in [5.41, 5.74) is 2.08. The summed E-state index contributed by atoms with van der Waals surface area (Å²) in [7, 11) is -3.20. The highest BCUT2D eigenvalue weighted by Crippen LogP contribution is 2.14. The van der Waals surface area contributed by atoms with E-state index < -0.39 is 10.0 Å². The van der Waals surface area contributed by atoms with E-state index >= 15 is 0 Å². The molecule has 2 N–H and O–H groups in total. The van der Waals surface area contributed by atoms with Gasteiger partial charge in [-0.2, -0.15) is 0 Å². The molecule has 0 aromatic heterocycles. The lowest BCUT2D eigenvalue weighted by Crippen LogP contribution is -2.25. The predicted molar refractivity (Wildman–Crippen MR) is 96.5 cm³/mol. The van der Waals surface area contributed by atoms with E-state index in [4.69, 9.17) is 4.74 Å². The minimum absolute atomic E-state index is 0.235. The Bertz CT molecular complexity index is 716. The molecular weight excluding hydrogens is 324 g/mol. The average molecular weight is 348 g/mol.